The number of nitrogens with zero attached hydrogens (tertiary/aromatic N) is 1. The highest BCUT2D eigenvalue weighted by Crippen LogP contribution is 2.16. The minimum absolute atomic E-state index is 0.136. The molecule has 5 heteroatoms. The van der Waals surface area contributed by atoms with E-state index in [0.29, 0.717) is 25.3 Å². The van der Waals surface area contributed by atoms with Crippen LogP contribution in [-0.2, 0) is 22.6 Å². The van der Waals surface area contributed by atoms with Gasteiger partial charge in [-0.15, -0.1) is 0 Å². The molecule has 0 spiro atoms. The fourth-order valence-corrected chi connectivity index (χ4v) is 3.70. The highest BCUT2D eigenvalue weighted by molar-refractivity contribution is 5.88. The van der Waals surface area contributed by atoms with Crippen molar-refractivity contribution < 1.29 is 14.3 Å². The lowest BCUT2D eigenvalue weighted by Gasteiger charge is -2.31. The Morgan fingerprint density at radius 1 is 0.882 bits per heavy atom. The zero-order chi connectivity index (χ0) is 24.2. The molecule has 0 saturated heterocycles. The van der Waals surface area contributed by atoms with E-state index in [2.05, 4.69) is 12.2 Å². The molecule has 0 saturated carbocycles. The Morgan fingerprint density at radius 2 is 1.53 bits per heavy atom. The summed E-state index contributed by atoms with van der Waals surface area (Å²) >= 11 is 0. The molecule has 0 aliphatic carbocycles. The van der Waals surface area contributed by atoms with Crippen LogP contribution in [0.2, 0.25) is 0 Å². The van der Waals surface area contributed by atoms with Gasteiger partial charge in [0.25, 0.3) is 5.91 Å². The predicted octanol–water partition coefficient (Wildman–Crippen LogP) is 4.93. The van der Waals surface area contributed by atoms with Crippen LogP contribution in [0.4, 0.5) is 0 Å². The molecule has 0 radical (unpaired) electrons. The average Bonchev–Trinajstić information content (AvgIpc) is 2.87. The van der Waals surface area contributed by atoms with Gasteiger partial charge < -0.3 is 15.0 Å². The van der Waals surface area contributed by atoms with Gasteiger partial charge >= 0.3 is 0 Å². The average molecular weight is 459 g/mol. The number of unbranched alkanes of at least 4 members (excludes halogenated alkanes) is 1. The molecule has 0 aromatic heterocycles. The van der Waals surface area contributed by atoms with Gasteiger partial charge in [-0.3, -0.25) is 9.59 Å². The maximum absolute atomic E-state index is 13.5. The number of ether oxygens (including phenoxy) is 1. The summed E-state index contributed by atoms with van der Waals surface area (Å²) in [5, 5.41) is 3.03. The number of hydrogen-bond donors (Lipinski definition) is 1. The Morgan fingerprint density at radius 3 is 2.18 bits per heavy atom. The fourth-order valence-electron chi connectivity index (χ4n) is 3.70. The molecule has 0 aliphatic heterocycles. The molecule has 3 aromatic carbocycles. The summed E-state index contributed by atoms with van der Waals surface area (Å²) < 4.78 is 5.76. The van der Waals surface area contributed by atoms with Gasteiger partial charge in [0.2, 0.25) is 5.91 Å². The summed E-state index contributed by atoms with van der Waals surface area (Å²) in [6, 6.07) is 26.5. The summed E-state index contributed by atoms with van der Waals surface area (Å²) in [6.45, 7) is 4.90. The van der Waals surface area contributed by atoms with Crippen molar-refractivity contribution in [3.63, 3.8) is 0 Å². The second-order valence-electron chi connectivity index (χ2n) is 8.46. The molecule has 5 nitrogen and oxygen atoms in total. The smallest absolute Gasteiger partial charge is 0.261 e. The first-order valence-corrected chi connectivity index (χ1v) is 11.9. The second-order valence-corrected chi connectivity index (χ2v) is 8.46. The third kappa shape index (κ3) is 7.77. The molecular weight excluding hydrogens is 424 g/mol. The van der Waals surface area contributed by atoms with E-state index in [0.717, 1.165) is 29.5 Å². The number of nitrogens with one attached hydrogen (secondary N) is 1. The summed E-state index contributed by atoms with van der Waals surface area (Å²) in [7, 11) is 0. The molecule has 0 aliphatic rings. The minimum atomic E-state index is -0.646. The van der Waals surface area contributed by atoms with Crippen LogP contribution in [0.5, 0.6) is 5.75 Å². The van der Waals surface area contributed by atoms with E-state index in [-0.39, 0.29) is 18.4 Å². The maximum atomic E-state index is 13.5. The van der Waals surface area contributed by atoms with Crippen molar-refractivity contribution in [3.05, 3.63) is 102 Å². The van der Waals surface area contributed by atoms with Gasteiger partial charge in [-0.1, -0.05) is 91.7 Å². The van der Waals surface area contributed by atoms with E-state index < -0.39 is 6.04 Å². The van der Waals surface area contributed by atoms with Crippen molar-refractivity contribution in [2.24, 2.45) is 0 Å². The van der Waals surface area contributed by atoms with Gasteiger partial charge in [-0.2, -0.15) is 0 Å². The van der Waals surface area contributed by atoms with Crippen molar-refractivity contribution in [2.75, 3.05) is 13.2 Å². The molecule has 0 fully saturated rings. The van der Waals surface area contributed by atoms with Crippen LogP contribution in [0.15, 0.2) is 84.9 Å². The largest absolute Gasteiger partial charge is 0.484 e. The number of rotatable bonds is 12. The first-order valence-electron chi connectivity index (χ1n) is 11.9. The Balaban J connectivity index is 1.86. The summed E-state index contributed by atoms with van der Waals surface area (Å²) in [4.78, 5) is 28.5. The monoisotopic (exact) mass is 458 g/mol. The number of carbonyl (C=O) groups is 2. The Bertz CT molecular complexity index is 1020. The van der Waals surface area contributed by atoms with Crippen LogP contribution in [0.25, 0.3) is 0 Å². The predicted molar refractivity (Wildman–Crippen MR) is 136 cm³/mol. The first-order chi connectivity index (χ1) is 16.6. The number of amides is 2. The zero-order valence-electron chi connectivity index (χ0n) is 20.1. The lowest BCUT2D eigenvalue weighted by molar-refractivity contribution is -0.142. The third-order valence-corrected chi connectivity index (χ3v) is 5.68. The molecule has 3 rings (SSSR count). The molecule has 1 atom stereocenters. The number of aryl methyl sites for hydroxylation is 1. The van der Waals surface area contributed by atoms with Crippen LogP contribution in [0.3, 0.4) is 0 Å². The SMILES string of the molecule is CCCCNC(=O)[C@H](Cc1ccccc1)N(Cc1ccc(C)cc1)C(=O)COc1ccccc1. The van der Waals surface area contributed by atoms with Crippen LogP contribution >= 0.6 is 0 Å². The van der Waals surface area contributed by atoms with Crippen molar-refractivity contribution in [1.82, 2.24) is 10.2 Å². The first kappa shape index (κ1) is 25.0. The quantitative estimate of drug-likeness (QED) is 0.392. The molecule has 3 aromatic rings. The van der Waals surface area contributed by atoms with Crippen molar-refractivity contribution in [3.8, 4) is 5.75 Å². The summed E-state index contributed by atoms with van der Waals surface area (Å²) in [5.74, 6) is 0.256. The third-order valence-electron chi connectivity index (χ3n) is 5.68. The highest BCUT2D eigenvalue weighted by atomic mass is 16.5. The Hall–Kier alpha value is -3.60. The van der Waals surface area contributed by atoms with Gasteiger partial charge in [0.15, 0.2) is 6.61 Å². The van der Waals surface area contributed by atoms with Gasteiger partial charge in [0, 0.05) is 19.5 Å². The minimum Gasteiger partial charge on any atom is -0.484 e. The number of para-hydroxylation sites is 1. The van der Waals surface area contributed by atoms with E-state index in [9.17, 15) is 9.59 Å². The van der Waals surface area contributed by atoms with Crippen LogP contribution < -0.4 is 10.1 Å². The van der Waals surface area contributed by atoms with E-state index in [4.69, 9.17) is 4.74 Å². The molecule has 1 N–H and O–H groups in total. The van der Waals surface area contributed by atoms with Crippen molar-refractivity contribution in [1.29, 1.82) is 0 Å². The number of hydrogen-bond acceptors (Lipinski definition) is 3. The normalized spacial score (nSPS) is 11.5. The number of benzene rings is 3. The van der Waals surface area contributed by atoms with E-state index in [1.165, 1.54) is 0 Å². The Labute approximate surface area is 202 Å². The fraction of sp³-hybridized carbons (Fsp3) is 0.310. The molecule has 0 heterocycles. The van der Waals surface area contributed by atoms with Gasteiger partial charge in [0.05, 0.1) is 0 Å². The molecule has 0 unspecified atom stereocenters. The van der Waals surface area contributed by atoms with Crippen molar-refractivity contribution in [2.45, 2.75) is 45.7 Å². The zero-order valence-corrected chi connectivity index (χ0v) is 20.1. The highest BCUT2D eigenvalue weighted by Gasteiger charge is 2.30. The molecule has 178 valence electrons. The van der Waals surface area contributed by atoms with Crippen LogP contribution in [0, 0.1) is 6.92 Å². The second kappa shape index (κ2) is 13.2. The standard InChI is InChI=1S/C29H34N2O3/c1-3-4-19-30-29(33)27(20-24-11-7-5-8-12-24)31(21-25-17-15-23(2)16-18-25)28(32)22-34-26-13-9-6-10-14-26/h5-18,27H,3-4,19-22H2,1-2H3,(H,30,33)/t27-/m0/s1. The molecule has 2 amide bonds. The molecule has 0 bridgehead atoms. The van der Waals surface area contributed by atoms with E-state index in [1.54, 1.807) is 4.90 Å². The lowest BCUT2D eigenvalue weighted by atomic mass is 10.0. The lowest BCUT2D eigenvalue weighted by Crippen LogP contribution is -2.51. The van der Waals surface area contributed by atoms with Gasteiger partial charge in [-0.05, 0) is 36.6 Å². The van der Waals surface area contributed by atoms with Crippen molar-refractivity contribution >= 4 is 11.8 Å². The molecular formula is C29H34N2O3. The summed E-state index contributed by atoms with van der Waals surface area (Å²) in [5.41, 5.74) is 3.12. The van der Waals surface area contributed by atoms with E-state index in [1.807, 2.05) is 91.9 Å². The summed E-state index contributed by atoms with van der Waals surface area (Å²) in [6.07, 6.45) is 2.31. The van der Waals surface area contributed by atoms with Gasteiger partial charge in [-0.25, -0.2) is 0 Å². The molecule has 34 heavy (non-hydrogen) atoms. The topological polar surface area (TPSA) is 58.6 Å². The van der Waals surface area contributed by atoms with Crippen LogP contribution in [-0.4, -0.2) is 35.9 Å². The van der Waals surface area contributed by atoms with E-state index >= 15 is 0 Å². The maximum Gasteiger partial charge on any atom is 0.261 e. The Kier molecular flexibility index (Phi) is 9.71. The van der Waals surface area contributed by atoms with Crippen LogP contribution in [0.1, 0.15) is 36.5 Å². The number of carbonyl (C=O) groups excluding carboxylic acids is 2. The van der Waals surface area contributed by atoms with Gasteiger partial charge in [0.1, 0.15) is 11.8 Å².